The second-order valence-corrected chi connectivity index (χ2v) is 3.23. The first-order valence-corrected chi connectivity index (χ1v) is 4.22. The second kappa shape index (κ2) is 3.22. The van der Waals surface area contributed by atoms with Crippen LogP contribution in [0.2, 0.25) is 0 Å². The van der Waals surface area contributed by atoms with Crippen LogP contribution in [0.25, 0.3) is 0 Å². The standard InChI is InChI=1S/C2H4N3O4PS/c6-10(7,9-11)8-2-1-3-5-4-2/h1,11H,(H,6,7)(H,3,4,5). The van der Waals surface area contributed by atoms with Crippen LogP contribution in [0.3, 0.4) is 0 Å². The van der Waals surface area contributed by atoms with Crippen LogP contribution in [-0.4, -0.2) is 20.3 Å². The van der Waals surface area contributed by atoms with E-state index >= 15 is 0 Å². The van der Waals surface area contributed by atoms with Crippen molar-refractivity contribution in [2.24, 2.45) is 0 Å². The first-order valence-electron chi connectivity index (χ1n) is 2.36. The van der Waals surface area contributed by atoms with Gasteiger partial charge in [0.15, 0.2) is 0 Å². The van der Waals surface area contributed by atoms with E-state index in [1.54, 1.807) is 0 Å². The molecule has 1 aromatic rings. The number of aromatic nitrogens is 3. The van der Waals surface area contributed by atoms with Crippen molar-refractivity contribution in [1.29, 1.82) is 0 Å². The number of thiol groups is 1. The Morgan fingerprint density at radius 1 is 1.82 bits per heavy atom. The Kier molecular flexibility index (Phi) is 2.50. The zero-order valence-corrected chi connectivity index (χ0v) is 6.83. The molecule has 1 atom stereocenters. The van der Waals surface area contributed by atoms with E-state index in [9.17, 15) is 4.57 Å². The summed E-state index contributed by atoms with van der Waals surface area (Å²) in [5.41, 5.74) is 0. The van der Waals surface area contributed by atoms with Crippen LogP contribution in [0.5, 0.6) is 5.88 Å². The smallest absolute Gasteiger partial charge is 0.382 e. The molecule has 1 unspecified atom stereocenters. The highest BCUT2D eigenvalue weighted by Crippen LogP contribution is 2.43. The summed E-state index contributed by atoms with van der Waals surface area (Å²) in [5.74, 6) is -0.134. The van der Waals surface area contributed by atoms with Crippen LogP contribution in [-0.2, 0) is 8.54 Å². The lowest BCUT2D eigenvalue weighted by atomic mass is 10.9. The Balaban J connectivity index is 2.63. The Morgan fingerprint density at radius 2 is 2.55 bits per heavy atom. The van der Waals surface area contributed by atoms with Gasteiger partial charge in [0.25, 0.3) is 5.88 Å². The summed E-state index contributed by atoms with van der Waals surface area (Å²) in [5, 5.41) is 8.78. The summed E-state index contributed by atoms with van der Waals surface area (Å²) in [6, 6.07) is 0. The predicted molar refractivity (Wildman–Crippen MR) is 36.9 cm³/mol. The van der Waals surface area contributed by atoms with E-state index in [1.807, 2.05) is 0 Å². The lowest BCUT2D eigenvalue weighted by Crippen LogP contribution is -1.91. The van der Waals surface area contributed by atoms with Gasteiger partial charge in [-0.15, -0.1) is 0 Å². The molecule has 0 spiro atoms. The topological polar surface area (TPSA) is 97.3 Å². The van der Waals surface area contributed by atoms with E-state index < -0.39 is 7.82 Å². The van der Waals surface area contributed by atoms with Gasteiger partial charge < -0.3 is 4.52 Å². The maximum Gasteiger partial charge on any atom is 0.539 e. The molecule has 0 radical (unpaired) electrons. The summed E-state index contributed by atoms with van der Waals surface area (Å²) >= 11 is 3.12. The molecule has 1 rings (SSSR count). The van der Waals surface area contributed by atoms with Gasteiger partial charge in [0.05, 0.1) is 6.20 Å². The van der Waals surface area contributed by atoms with Gasteiger partial charge in [-0.25, -0.2) is 8.54 Å². The average Bonchev–Trinajstić information content (AvgIpc) is 2.39. The Labute approximate surface area is 67.0 Å². The lowest BCUT2D eigenvalue weighted by molar-refractivity contribution is 0.303. The maximum absolute atomic E-state index is 10.6. The van der Waals surface area contributed by atoms with Gasteiger partial charge in [-0.2, -0.15) is 0 Å². The number of nitrogens with one attached hydrogen (secondary N) is 1. The molecule has 62 valence electrons. The Hall–Kier alpha value is -0.560. The van der Waals surface area contributed by atoms with Gasteiger partial charge in [-0.05, 0) is 12.9 Å². The first kappa shape index (κ1) is 8.54. The number of nitrogens with zero attached hydrogens (tertiary/aromatic N) is 2. The third-order valence-corrected chi connectivity index (χ3v) is 1.95. The quantitative estimate of drug-likeness (QED) is 0.362. The second-order valence-electron chi connectivity index (χ2n) is 1.45. The van der Waals surface area contributed by atoms with E-state index in [-0.39, 0.29) is 5.88 Å². The van der Waals surface area contributed by atoms with Gasteiger partial charge in [0.1, 0.15) is 0 Å². The zero-order valence-electron chi connectivity index (χ0n) is 5.04. The van der Waals surface area contributed by atoms with Crippen molar-refractivity contribution in [3.8, 4) is 5.88 Å². The molecule has 7 nitrogen and oxygen atoms in total. The summed E-state index contributed by atoms with van der Waals surface area (Å²) in [7, 11) is -4.12. The minimum Gasteiger partial charge on any atom is -0.382 e. The largest absolute Gasteiger partial charge is 0.539 e. The minimum absolute atomic E-state index is 0.134. The highest BCUT2D eigenvalue weighted by Gasteiger charge is 2.22. The molecule has 0 saturated carbocycles. The predicted octanol–water partition coefficient (Wildman–Crippen LogP) is 0.145. The van der Waals surface area contributed by atoms with Crippen molar-refractivity contribution in [2.75, 3.05) is 0 Å². The normalized spacial score (nSPS) is 15.8. The van der Waals surface area contributed by atoms with Crippen LogP contribution < -0.4 is 4.52 Å². The molecule has 2 N–H and O–H groups in total. The molecular weight excluding hydrogens is 193 g/mol. The van der Waals surface area contributed by atoms with Gasteiger partial charge >= 0.3 is 7.82 Å². The summed E-state index contributed by atoms with van der Waals surface area (Å²) in [6.07, 6.45) is 1.19. The van der Waals surface area contributed by atoms with Gasteiger partial charge in [0.2, 0.25) is 0 Å². The number of aromatic amines is 1. The van der Waals surface area contributed by atoms with Crippen LogP contribution in [0, 0.1) is 0 Å². The molecule has 1 heterocycles. The fraction of sp³-hybridized carbons (Fsp3) is 0. The van der Waals surface area contributed by atoms with Gasteiger partial charge in [-0.1, -0.05) is 10.3 Å². The molecule has 9 heteroatoms. The Bertz CT molecular complexity index is 262. The minimum atomic E-state index is -4.12. The first-order chi connectivity index (χ1) is 5.14. The SMILES string of the molecule is O=P(O)(OS)Oc1c[nH]nn1. The van der Waals surface area contributed by atoms with E-state index in [2.05, 4.69) is 36.8 Å². The number of H-pyrrole nitrogens is 1. The van der Waals surface area contributed by atoms with Crippen molar-refractivity contribution >= 4 is 20.7 Å². The van der Waals surface area contributed by atoms with E-state index in [4.69, 9.17) is 4.89 Å². The molecule has 0 saturated heterocycles. The Morgan fingerprint density at radius 3 is 3.00 bits per heavy atom. The van der Waals surface area contributed by atoms with Gasteiger partial charge in [-0.3, -0.25) is 9.99 Å². The number of phosphoric acid groups is 1. The summed E-state index contributed by atoms with van der Waals surface area (Å²) in [4.78, 5) is 8.65. The summed E-state index contributed by atoms with van der Waals surface area (Å²) in [6.45, 7) is 0. The van der Waals surface area contributed by atoms with Crippen LogP contribution in [0.15, 0.2) is 6.20 Å². The molecule has 11 heavy (non-hydrogen) atoms. The molecule has 0 amide bonds. The van der Waals surface area contributed by atoms with Crippen molar-refractivity contribution < 1.29 is 18.0 Å². The van der Waals surface area contributed by atoms with Crippen molar-refractivity contribution in [3.63, 3.8) is 0 Å². The third kappa shape index (κ3) is 2.51. The van der Waals surface area contributed by atoms with E-state index in [0.29, 0.717) is 0 Å². The van der Waals surface area contributed by atoms with Crippen molar-refractivity contribution in [3.05, 3.63) is 6.20 Å². The molecule has 0 bridgehead atoms. The summed E-state index contributed by atoms with van der Waals surface area (Å²) < 4.78 is 18.7. The third-order valence-electron chi connectivity index (χ3n) is 0.706. The molecule has 1 aromatic heterocycles. The molecule has 0 aliphatic rings. The fourth-order valence-electron chi connectivity index (χ4n) is 0.371. The molecular formula is C2H4N3O4PS. The molecule has 0 aliphatic heterocycles. The number of hydrogen-bond donors (Lipinski definition) is 3. The average molecular weight is 197 g/mol. The number of hydrogen-bond acceptors (Lipinski definition) is 6. The van der Waals surface area contributed by atoms with Crippen LogP contribution >= 0.6 is 20.7 Å². The van der Waals surface area contributed by atoms with Gasteiger partial charge in [0, 0.05) is 0 Å². The van der Waals surface area contributed by atoms with Crippen LogP contribution in [0.4, 0.5) is 0 Å². The van der Waals surface area contributed by atoms with Crippen LogP contribution in [0.1, 0.15) is 0 Å². The zero-order chi connectivity index (χ0) is 8.32. The monoisotopic (exact) mass is 197 g/mol. The number of rotatable bonds is 3. The highest BCUT2D eigenvalue weighted by molar-refractivity contribution is 7.80. The van der Waals surface area contributed by atoms with Crippen molar-refractivity contribution in [1.82, 2.24) is 15.4 Å². The fourth-order valence-corrected chi connectivity index (χ4v) is 0.830. The lowest BCUT2D eigenvalue weighted by Gasteiger charge is -2.04. The number of phosphoric ester groups is 1. The highest BCUT2D eigenvalue weighted by atomic mass is 32.1. The van der Waals surface area contributed by atoms with E-state index in [1.165, 1.54) is 6.20 Å². The van der Waals surface area contributed by atoms with E-state index in [0.717, 1.165) is 0 Å². The molecule has 0 aromatic carbocycles. The van der Waals surface area contributed by atoms with Crippen molar-refractivity contribution in [2.45, 2.75) is 0 Å². The molecule has 0 fully saturated rings. The maximum atomic E-state index is 10.6. The molecule has 0 aliphatic carbocycles.